The molecule has 0 radical (unpaired) electrons. The Hall–Kier alpha value is -2.85. The molecule has 0 aliphatic carbocycles. The topological polar surface area (TPSA) is 107 Å². The van der Waals surface area contributed by atoms with Crippen LogP contribution in [-0.4, -0.2) is 91.1 Å². The van der Waals surface area contributed by atoms with Gasteiger partial charge < -0.3 is 24.7 Å². The van der Waals surface area contributed by atoms with Gasteiger partial charge >= 0.3 is 12.0 Å². The molecule has 2 saturated heterocycles. The number of furan rings is 1. The summed E-state index contributed by atoms with van der Waals surface area (Å²) in [5, 5.41) is 5.57. The Labute approximate surface area is 200 Å². The molecular formula is C24H35N5O5. The van der Waals surface area contributed by atoms with Gasteiger partial charge in [-0.05, 0) is 45.2 Å². The van der Waals surface area contributed by atoms with E-state index in [4.69, 9.17) is 9.15 Å². The molecule has 3 aliphatic heterocycles. The van der Waals surface area contributed by atoms with Crippen molar-refractivity contribution < 1.29 is 23.5 Å². The molecule has 4 rings (SSSR count). The van der Waals surface area contributed by atoms with Crippen molar-refractivity contribution in [2.45, 2.75) is 45.2 Å². The van der Waals surface area contributed by atoms with Gasteiger partial charge in [-0.3, -0.25) is 14.6 Å². The Balaban J connectivity index is 1.40. The minimum absolute atomic E-state index is 0.208. The standard InChI is InChI=1S/C24H35N5O5/c1-3-33-23(31)21-18(25-24(32)26-22(21)19-8-6-14-34-19)15-27-10-12-28(13-11-27)16-20(30)29-9-5-4-7-17(29)2/h6,8,14,17,22H,3-5,7,9-13,15-16H2,1-2H3,(H2,25,26,32). The summed E-state index contributed by atoms with van der Waals surface area (Å²) >= 11 is 0. The van der Waals surface area contributed by atoms with E-state index >= 15 is 0 Å². The van der Waals surface area contributed by atoms with E-state index in [1.807, 2.05) is 4.90 Å². The van der Waals surface area contributed by atoms with Crippen molar-refractivity contribution in [2.75, 3.05) is 52.4 Å². The minimum Gasteiger partial charge on any atom is -0.467 e. The largest absolute Gasteiger partial charge is 0.467 e. The predicted octanol–water partition coefficient (Wildman–Crippen LogP) is 1.47. The zero-order chi connectivity index (χ0) is 24.1. The zero-order valence-corrected chi connectivity index (χ0v) is 20.0. The maximum absolute atomic E-state index is 12.8. The number of piperidine rings is 1. The van der Waals surface area contributed by atoms with Gasteiger partial charge in [0, 0.05) is 51.0 Å². The number of carbonyl (C=O) groups excluding carboxylic acids is 3. The fourth-order valence-electron chi connectivity index (χ4n) is 4.94. The van der Waals surface area contributed by atoms with Gasteiger partial charge in [0.1, 0.15) is 11.8 Å². The Kier molecular flexibility index (Phi) is 7.89. The van der Waals surface area contributed by atoms with E-state index in [9.17, 15) is 14.4 Å². The van der Waals surface area contributed by atoms with Gasteiger partial charge in [-0.25, -0.2) is 9.59 Å². The number of hydrogen-bond acceptors (Lipinski definition) is 7. The molecule has 2 fully saturated rings. The van der Waals surface area contributed by atoms with Crippen LogP contribution in [0.15, 0.2) is 34.1 Å². The molecule has 0 saturated carbocycles. The van der Waals surface area contributed by atoms with Crippen molar-refractivity contribution >= 4 is 17.9 Å². The van der Waals surface area contributed by atoms with Gasteiger partial charge in [-0.1, -0.05) is 0 Å². The maximum Gasteiger partial charge on any atom is 0.338 e. The maximum atomic E-state index is 12.8. The van der Waals surface area contributed by atoms with Crippen LogP contribution < -0.4 is 10.6 Å². The van der Waals surface area contributed by atoms with Crippen LogP contribution in [0.3, 0.4) is 0 Å². The number of ether oxygens (including phenoxy) is 1. The fraction of sp³-hybridized carbons (Fsp3) is 0.625. The number of likely N-dealkylation sites (tertiary alicyclic amines) is 1. The van der Waals surface area contributed by atoms with E-state index in [0.29, 0.717) is 36.2 Å². The highest BCUT2D eigenvalue weighted by atomic mass is 16.5. The first-order chi connectivity index (χ1) is 16.5. The van der Waals surface area contributed by atoms with Crippen LogP contribution in [0.1, 0.15) is 44.9 Å². The SMILES string of the molecule is CCOC(=O)C1=C(CN2CCN(CC(=O)N3CCCCC3C)CC2)NC(=O)NC1c1ccco1. The van der Waals surface area contributed by atoms with Crippen molar-refractivity contribution in [1.29, 1.82) is 0 Å². The zero-order valence-electron chi connectivity index (χ0n) is 20.0. The molecule has 3 aliphatic rings. The molecule has 10 heteroatoms. The summed E-state index contributed by atoms with van der Waals surface area (Å²) in [5.74, 6) is 0.205. The summed E-state index contributed by atoms with van der Waals surface area (Å²) in [4.78, 5) is 44.4. The van der Waals surface area contributed by atoms with E-state index in [-0.39, 0.29) is 18.5 Å². The van der Waals surface area contributed by atoms with Gasteiger partial charge in [0.15, 0.2) is 0 Å². The number of urea groups is 1. The van der Waals surface area contributed by atoms with Crippen molar-refractivity contribution in [1.82, 2.24) is 25.3 Å². The number of hydrogen-bond donors (Lipinski definition) is 2. The van der Waals surface area contributed by atoms with Crippen LogP contribution >= 0.6 is 0 Å². The molecule has 0 aromatic carbocycles. The molecule has 4 heterocycles. The summed E-state index contributed by atoms with van der Waals surface area (Å²) in [6.45, 7) is 8.79. The highest BCUT2D eigenvalue weighted by Gasteiger charge is 2.36. The fourth-order valence-corrected chi connectivity index (χ4v) is 4.94. The third kappa shape index (κ3) is 5.61. The molecule has 2 unspecified atom stereocenters. The number of amides is 3. The monoisotopic (exact) mass is 473 g/mol. The summed E-state index contributed by atoms with van der Waals surface area (Å²) in [6.07, 6.45) is 4.87. The number of esters is 1. The molecule has 1 aromatic heterocycles. The second-order valence-electron chi connectivity index (χ2n) is 9.14. The number of nitrogens with zero attached hydrogens (tertiary/aromatic N) is 3. The number of piperazine rings is 1. The Morgan fingerprint density at radius 3 is 2.59 bits per heavy atom. The molecule has 2 N–H and O–H groups in total. The van der Waals surface area contributed by atoms with Crippen LogP contribution in [0.4, 0.5) is 4.79 Å². The quantitative estimate of drug-likeness (QED) is 0.578. The minimum atomic E-state index is -0.705. The van der Waals surface area contributed by atoms with E-state index in [1.54, 1.807) is 19.1 Å². The second-order valence-corrected chi connectivity index (χ2v) is 9.14. The molecule has 1 aromatic rings. The van der Waals surface area contributed by atoms with Crippen molar-refractivity contribution in [3.8, 4) is 0 Å². The smallest absolute Gasteiger partial charge is 0.338 e. The van der Waals surface area contributed by atoms with E-state index < -0.39 is 12.0 Å². The lowest BCUT2D eigenvalue weighted by atomic mass is 9.99. The molecular weight excluding hydrogens is 438 g/mol. The number of nitrogens with one attached hydrogen (secondary N) is 2. The first-order valence-electron chi connectivity index (χ1n) is 12.2. The van der Waals surface area contributed by atoms with E-state index in [0.717, 1.165) is 45.6 Å². The molecule has 186 valence electrons. The van der Waals surface area contributed by atoms with Crippen LogP contribution in [-0.2, 0) is 14.3 Å². The summed E-state index contributed by atoms with van der Waals surface area (Å²) in [6, 6.07) is 2.68. The lowest BCUT2D eigenvalue weighted by molar-refractivity contribution is -0.139. The van der Waals surface area contributed by atoms with Gasteiger partial charge in [0.25, 0.3) is 0 Å². The highest BCUT2D eigenvalue weighted by Crippen LogP contribution is 2.28. The number of rotatable bonds is 7. The average molecular weight is 474 g/mol. The third-order valence-electron chi connectivity index (χ3n) is 6.81. The van der Waals surface area contributed by atoms with Crippen molar-refractivity contribution in [3.05, 3.63) is 35.4 Å². The number of carbonyl (C=O) groups is 3. The summed E-state index contributed by atoms with van der Waals surface area (Å²) < 4.78 is 10.8. The molecule has 3 amide bonds. The normalized spacial score (nSPS) is 24.5. The Morgan fingerprint density at radius 2 is 1.91 bits per heavy atom. The lowest BCUT2D eigenvalue weighted by Crippen LogP contribution is -2.54. The van der Waals surface area contributed by atoms with Gasteiger partial charge in [0.2, 0.25) is 5.91 Å². The highest BCUT2D eigenvalue weighted by molar-refractivity contribution is 5.95. The van der Waals surface area contributed by atoms with Crippen LogP contribution in [0, 0.1) is 0 Å². The van der Waals surface area contributed by atoms with Gasteiger partial charge in [-0.15, -0.1) is 0 Å². The molecule has 34 heavy (non-hydrogen) atoms. The van der Waals surface area contributed by atoms with E-state index in [2.05, 4.69) is 27.4 Å². The Bertz CT molecular complexity index is 907. The first kappa shape index (κ1) is 24.3. The third-order valence-corrected chi connectivity index (χ3v) is 6.81. The summed E-state index contributed by atoms with van der Waals surface area (Å²) in [5.41, 5.74) is 0.878. The van der Waals surface area contributed by atoms with Crippen LogP contribution in [0.5, 0.6) is 0 Å². The lowest BCUT2D eigenvalue weighted by Gasteiger charge is -2.38. The van der Waals surface area contributed by atoms with Crippen molar-refractivity contribution in [3.63, 3.8) is 0 Å². The average Bonchev–Trinajstić information content (AvgIpc) is 3.35. The molecule has 2 atom stereocenters. The van der Waals surface area contributed by atoms with Gasteiger partial charge in [0.05, 0.1) is 25.0 Å². The Morgan fingerprint density at radius 1 is 1.15 bits per heavy atom. The predicted molar refractivity (Wildman–Crippen MR) is 125 cm³/mol. The molecule has 0 spiro atoms. The van der Waals surface area contributed by atoms with E-state index in [1.165, 1.54) is 12.7 Å². The molecule has 0 bridgehead atoms. The summed E-state index contributed by atoms with van der Waals surface area (Å²) in [7, 11) is 0. The van der Waals surface area contributed by atoms with Gasteiger partial charge in [-0.2, -0.15) is 0 Å². The second kappa shape index (κ2) is 11.1. The van der Waals surface area contributed by atoms with Crippen LogP contribution in [0.2, 0.25) is 0 Å². The van der Waals surface area contributed by atoms with Crippen molar-refractivity contribution in [2.24, 2.45) is 0 Å². The molecule has 10 nitrogen and oxygen atoms in total. The first-order valence-corrected chi connectivity index (χ1v) is 12.2. The van der Waals surface area contributed by atoms with Crippen LogP contribution in [0.25, 0.3) is 0 Å².